The lowest BCUT2D eigenvalue weighted by atomic mass is 10.0. The number of aliphatic hydroxyl groups is 1. The summed E-state index contributed by atoms with van der Waals surface area (Å²) in [6, 6.07) is 7.13. The molecule has 0 aliphatic carbocycles. The second kappa shape index (κ2) is 10.7. The first-order chi connectivity index (χ1) is 17.2. The number of aliphatic hydroxyl groups excluding tert-OH is 1. The number of carbonyl (C=O) groups is 1. The largest absolute Gasteiger partial charge is 0.486 e. The van der Waals surface area contributed by atoms with Crippen molar-refractivity contribution in [1.29, 1.82) is 5.26 Å². The topological polar surface area (TPSA) is 142 Å². The number of piperidine rings is 1. The highest BCUT2D eigenvalue weighted by molar-refractivity contribution is 5.80. The van der Waals surface area contributed by atoms with Crippen LogP contribution in [0.5, 0.6) is 5.75 Å². The number of aromatic nitrogens is 5. The van der Waals surface area contributed by atoms with E-state index in [1.807, 2.05) is 20.0 Å². The lowest BCUT2D eigenvalue weighted by Gasteiger charge is -2.35. The number of likely N-dealkylation sites (tertiary alicyclic amines) is 1. The van der Waals surface area contributed by atoms with Crippen molar-refractivity contribution >= 4 is 17.5 Å². The molecule has 1 unspecified atom stereocenters. The molecule has 12 heteroatoms. The van der Waals surface area contributed by atoms with Crippen molar-refractivity contribution in [3.8, 4) is 23.2 Å². The number of rotatable bonds is 7. The molecule has 2 N–H and O–H groups in total. The average Bonchev–Trinajstić information content (AvgIpc) is 3.34. The first-order valence-electron chi connectivity index (χ1n) is 11.6. The number of nitrogens with one attached hydrogen (secondary N) is 1. The van der Waals surface area contributed by atoms with E-state index in [2.05, 4.69) is 31.4 Å². The zero-order valence-corrected chi connectivity index (χ0v) is 20.2. The van der Waals surface area contributed by atoms with E-state index < -0.39 is 24.3 Å². The summed E-state index contributed by atoms with van der Waals surface area (Å²) < 4.78 is 22.4. The second-order valence-corrected chi connectivity index (χ2v) is 8.80. The van der Waals surface area contributed by atoms with Gasteiger partial charge in [-0.2, -0.15) is 15.3 Å². The zero-order chi connectivity index (χ0) is 25.8. The maximum atomic E-state index is 14.7. The molecule has 4 rings (SSSR count). The second-order valence-electron chi connectivity index (χ2n) is 8.80. The Morgan fingerprint density at radius 3 is 2.81 bits per heavy atom. The van der Waals surface area contributed by atoms with Crippen LogP contribution in [0, 0.1) is 11.3 Å². The van der Waals surface area contributed by atoms with Crippen LogP contribution in [0.2, 0.25) is 0 Å². The van der Waals surface area contributed by atoms with Gasteiger partial charge in [-0.15, -0.1) is 0 Å². The van der Waals surface area contributed by atoms with Crippen molar-refractivity contribution in [3.63, 3.8) is 0 Å². The van der Waals surface area contributed by atoms with E-state index in [0.29, 0.717) is 17.3 Å². The maximum Gasteiger partial charge on any atom is 0.251 e. The minimum absolute atomic E-state index is 0.176. The van der Waals surface area contributed by atoms with Gasteiger partial charge in [0.25, 0.3) is 5.91 Å². The minimum atomic E-state index is -1.45. The van der Waals surface area contributed by atoms with Crippen LogP contribution < -0.4 is 10.1 Å². The van der Waals surface area contributed by atoms with Crippen molar-refractivity contribution in [2.75, 3.05) is 18.4 Å². The third kappa shape index (κ3) is 5.58. The standard InChI is InChI=1S/C24H27FN8O3/c1-14(2)33-11-18(10-29-33)30-24-28-13-27-22(31-24)16-4-5-20(17(8-16)9-26)36-21-6-7-32(12-19(21)25)23(35)15(3)34/h4-5,8,10-11,13-15,19,21,34H,6-7,12H2,1-3H3,(H,27,28,30,31)/t15?,19-,21+/m1/s1. The minimum Gasteiger partial charge on any atom is -0.486 e. The van der Waals surface area contributed by atoms with Crippen LogP contribution in [-0.2, 0) is 4.79 Å². The monoisotopic (exact) mass is 494 g/mol. The Hall–Kier alpha value is -4.11. The molecular formula is C24H27FN8O3. The number of hydrogen-bond acceptors (Lipinski definition) is 9. The fraction of sp³-hybridized carbons (Fsp3) is 0.417. The van der Waals surface area contributed by atoms with Gasteiger partial charge in [0.1, 0.15) is 30.4 Å². The van der Waals surface area contributed by atoms with Gasteiger partial charge in [0, 0.05) is 30.8 Å². The molecule has 1 aromatic carbocycles. The maximum absolute atomic E-state index is 14.7. The number of ether oxygens (including phenoxy) is 1. The summed E-state index contributed by atoms with van der Waals surface area (Å²) in [5.74, 6) is 0.386. The van der Waals surface area contributed by atoms with Crippen LogP contribution in [0.4, 0.5) is 16.0 Å². The Bertz CT molecular complexity index is 1270. The molecule has 0 spiro atoms. The summed E-state index contributed by atoms with van der Waals surface area (Å²) in [7, 11) is 0. The van der Waals surface area contributed by atoms with E-state index in [9.17, 15) is 19.6 Å². The van der Waals surface area contributed by atoms with Crippen molar-refractivity contribution in [1.82, 2.24) is 29.6 Å². The lowest BCUT2D eigenvalue weighted by Crippen LogP contribution is -2.51. The molecule has 3 aromatic rings. The average molecular weight is 495 g/mol. The Balaban J connectivity index is 1.47. The Kier molecular flexibility index (Phi) is 7.40. The molecule has 1 saturated heterocycles. The molecule has 0 radical (unpaired) electrons. The van der Waals surface area contributed by atoms with Crippen molar-refractivity contribution in [2.45, 2.75) is 51.6 Å². The molecule has 2 aromatic heterocycles. The van der Waals surface area contributed by atoms with Gasteiger partial charge in [0.05, 0.1) is 24.0 Å². The SMILES string of the molecule is CC(O)C(=O)N1CC[C@H](Oc2ccc(-c3ncnc(Nc4cnn(C(C)C)c4)n3)cc2C#N)[C@H](F)C1. The number of benzene rings is 1. The Morgan fingerprint density at radius 1 is 1.33 bits per heavy atom. The number of hydrogen-bond donors (Lipinski definition) is 2. The number of nitrogens with zero attached hydrogens (tertiary/aromatic N) is 7. The van der Waals surface area contributed by atoms with Crippen LogP contribution in [0.1, 0.15) is 38.8 Å². The Labute approximate surface area is 207 Å². The van der Waals surface area contributed by atoms with Gasteiger partial charge in [0.15, 0.2) is 12.0 Å². The number of amides is 1. The normalized spacial score (nSPS) is 18.5. The van der Waals surface area contributed by atoms with Crippen molar-refractivity contribution in [2.24, 2.45) is 0 Å². The quantitative estimate of drug-likeness (QED) is 0.507. The van der Waals surface area contributed by atoms with E-state index in [0.717, 1.165) is 5.69 Å². The number of alkyl halides is 1. The molecule has 188 valence electrons. The van der Waals surface area contributed by atoms with E-state index in [-0.39, 0.29) is 36.9 Å². The van der Waals surface area contributed by atoms with Gasteiger partial charge in [-0.1, -0.05) is 0 Å². The third-order valence-electron chi connectivity index (χ3n) is 5.75. The van der Waals surface area contributed by atoms with Gasteiger partial charge < -0.3 is 20.1 Å². The molecule has 3 atom stereocenters. The molecule has 1 fully saturated rings. The summed E-state index contributed by atoms with van der Waals surface area (Å²) >= 11 is 0. The molecular weight excluding hydrogens is 467 g/mol. The molecule has 1 amide bonds. The summed E-state index contributed by atoms with van der Waals surface area (Å²) in [5.41, 5.74) is 1.50. The molecule has 36 heavy (non-hydrogen) atoms. The molecule has 11 nitrogen and oxygen atoms in total. The van der Waals surface area contributed by atoms with Gasteiger partial charge >= 0.3 is 0 Å². The van der Waals surface area contributed by atoms with E-state index in [1.165, 1.54) is 18.2 Å². The van der Waals surface area contributed by atoms with Crippen LogP contribution in [0.3, 0.4) is 0 Å². The molecule has 1 aliphatic heterocycles. The summed E-state index contributed by atoms with van der Waals surface area (Å²) in [6.45, 7) is 5.47. The van der Waals surface area contributed by atoms with Gasteiger partial charge in [-0.3, -0.25) is 9.48 Å². The van der Waals surface area contributed by atoms with E-state index >= 15 is 0 Å². The molecule has 3 heterocycles. The predicted molar refractivity (Wildman–Crippen MR) is 128 cm³/mol. The number of halogens is 1. The summed E-state index contributed by atoms with van der Waals surface area (Å²) in [4.78, 5) is 26.0. The van der Waals surface area contributed by atoms with Gasteiger partial charge in [-0.05, 0) is 39.0 Å². The molecule has 0 saturated carbocycles. The van der Waals surface area contributed by atoms with E-state index in [1.54, 1.807) is 29.1 Å². The summed E-state index contributed by atoms with van der Waals surface area (Å²) in [6.07, 6.45) is 1.66. The predicted octanol–water partition coefficient (Wildman–Crippen LogP) is 2.63. The van der Waals surface area contributed by atoms with Crippen molar-refractivity contribution < 1.29 is 19.0 Å². The van der Waals surface area contributed by atoms with Crippen molar-refractivity contribution in [3.05, 3.63) is 42.5 Å². The zero-order valence-electron chi connectivity index (χ0n) is 20.2. The Morgan fingerprint density at radius 2 is 2.14 bits per heavy atom. The number of anilines is 2. The number of nitriles is 1. The first-order valence-corrected chi connectivity index (χ1v) is 11.6. The first kappa shape index (κ1) is 25.0. The van der Waals surface area contributed by atoms with Crippen LogP contribution in [0.25, 0.3) is 11.4 Å². The lowest BCUT2D eigenvalue weighted by molar-refractivity contribution is -0.143. The smallest absolute Gasteiger partial charge is 0.251 e. The van der Waals surface area contributed by atoms with Gasteiger partial charge in [-0.25, -0.2) is 14.4 Å². The highest BCUT2D eigenvalue weighted by Gasteiger charge is 2.34. The highest BCUT2D eigenvalue weighted by atomic mass is 19.1. The van der Waals surface area contributed by atoms with Gasteiger partial charge in [0.2, 0.25) is 5.95 Å². The third-order valence-corrected chi connectivity index (χ3v) is 5.75. The fourth-order valence-corrected chi connectivity index (χ4v) is 3.81. The van der Waals surface area contributed by atoms with Crippen LogP contribution in [0.15, 0.2) is 36.9 Å². The molecule has 0 bridgehead atoms. The highest BCUT2D eigenvalue weighted by Crippen LogP contribution is 2.28. The number of carbonyl (C=O) groups excluding carboxylic acids is 1. The van der Waals surface area contributed by atoms with Crippen LogP contribution >= 0.6 is 0 Å². The molecule has 1 aliphatic rings. The summed E-state index contributed by atoms with van der Waals surface area (Å²) in [5, 5.41) is 26.5. The fourth-order valence-electron chi connectivity index (χ4n) is 3.81. The van der Waals surface area contributed by atoms with Crippen LogP contribution in [-0.4, -0.2) is 72.1 Å². The van der Waals surface area contributed by atoms with E-state index in [4.69, 9.17) is 4.74 Å².